The van der Waals surface area contributed by atoms with Gasteiger partial charge in [0.2, 0.25) is 0 Å². The molecule has 1 heterocycles. The second-order valence-electron chi connectivity index (χ2n) is 7.84. The van der Waals surface area contributed by atoms with Crippen LogP contribution >= 0.6 is 0 Å². The minimum Gasteiger partial charge on any atom is -0.507 e. The van der Waals surface area contributed by atoms with E-state index in [2.05, 4.69) is 0 Å². The number of amides is 1. The molecule has 6 heteroatoms. The maximum atomic E-state index is 13.0. The number of likely N-dealkylation sites (tertiary alicyclic amines) is 1. The first-order valence-electron chi connectivity index (χ1n) is 9.90. The minimum absolute atomic E-state index is 0.123. The highest BCUT2D eigenvalue weighted by Crippen LogP contribution is 2.40. The van der Waals surface area contributed by atoms with Gasteiger partial charge in [0.15, 0.2) is 0 Å². The Morgan fingerprint density at radius 3 is 2.40 bits per heavy atom. The molecular weight excluding hydrogens is 380 g/mol. The molecule has 2 aromatic carbocycles. The quantitative estimate of drug-likeness (QED) is 0.451. The van der Waals surface area contributed by atoms with Gasteiger partial charge in [0.05, 0.1) is 18.7 Å². The maximum Gasteiger partial charge on any atom is 0.295 e. The molecule has 0 radical (unpaired) electrons. The Bertz CT molecular complexity index is 1010. The van der Waals surface area contributed by atoms with Crippen molar-refractivity contribution in [2.24, 2.45) is 0 Å². The van der Waals surface area contributed by atoms with Crippen LogP contribution in [-0.2, 0) is 9.59 Å². The number of ether oxygens (including phenoxy) is 1. The number of Topliss-reactive ketones (excluding diaryl/α,β-unsaturated/α-hetero) is 1. The summed E-state index contributed by atoms with van der Waals surface area (Å²) in [5, 5.41) is 11.1. The molecule has 1 N–H and O–H groups in total. The predicted octanol–water partition coefficient (Wildman–Crippen LogP) is 3.30. The van der Waals surface area contributed by atoms with Crippen molar-refractivity contribution in [3.8, 4) is 5.75 Å². The zero-order valence-corrected chi connectivity index (χ0v) is 18.1. The van der Waals surface area contributed by atoms with Gasteiger partial charge in [-0.3, -0.25) is 9.59 Å². The van der Waals surface area contributed by atoms with E-state index in [0.717, 1.165) is 16.7 Å². The van der Waals surface area contributed by atoms with E-state index in [1.54, 1.807) is 30.2 Å². The Morgan fingerprint density at radius 2 is 1.80 bits per heavy atom. The van der Waals surface area contributed by atoms with Crippen molar-refractivity contribution in [3.63, 3.8) is 0 Å². The Labute approximate surface area is 177 Å². The van der Waals surface area contributed by atoms with Gasteiger partial charge in [-0.15, -0.1) is 0 Å². The van der Waals surface area contributed by atoms with Crippen molar-refractivity contribution in [1.82, 2.24) is 9.80 Å². The van der Waals surface area contributed by atoms with Crippen molar-refractivity contribution in [2.75, 3.05) is 34.3 Å². The number of hydrogen-bond donors (Lipinski definition) is 1. The summed E-state index contributed by atoms with van der Waals surface area (Å²) in [7, 11) is 5.41. The van der Waals surface area contributed by atoms with Gasteiger partial charge in [0, 0.05) is 18.7 Å². The number of likely N-dealkylation sites (N-methyl/N-ethyl adjacent to an activating group) is 1. The van der Waals surface area contributed by atoms with Gasteiger partial charge < -0.3 is 19.6 Å². The van der Waals surface area contributed by atoms with Crippen LogP contribution in [0.15, 0.2) is 48.0 Å². The van der Waals surface area contributed by atoms with Crippen LogP contribution in [-0.4, -0.2) is 60.9 Å². The number of aliphatic hydroxyl groups is 1. The molecule has 0 saturated carbocycles. The maximum absolute atomic E-state index is 13.0. The summed E-state index contributed by atoms with van der Waals surface area (Å²) in [5.41, 5.74) is 3.23. The molecule has 3 rings (SSSR count). The van der Waals surface area contributed by atoms with Gasteiger partial charge >= 0.3 is 0 Å². The highest BCUT2D eigenvalue weighted by Gasteiger charge is 2.46. The molecule has 1 aliphatic heterocycles. The first-order valence-corrected chi connectivity index (χ1v) is 9.90. The summed E-state index contributed by atoms with van der Waals surface area (Å²) in [5.74, 6) is -0.724. The summed E-state index contributed by atoms with van der Waals surface area (Å²) in [6.45, 7) is 4.80. The lowest BCUT2D eigenvalue weighted by Gasteiger charge is -2.27. The Hall–Kier alpha value is -3.12. The number of methoxy groups -OCH3 is 1. The van der Waals surface area contributed by atoms with E-state index in [1.807, 2.05) is 57.1 Å². The van der Waals surface area contributed by atoms with E-state index in [-0.39, 0.29) is 11.3 Å². The molecule has 30 heavy (non-hydrogen) atoms. The van der Waals surface area contributed by atoms with Gasteiger partial charge in [0.1, 0.15) is 11.5 Å². The van der Waals surface area contributed by atoms with E-state index >= 15 is 0 Å². The predicted molar refractivity (Wildman–Crippen MR) is 116 cm³/mol. The lowest BCUT2D eigenvalue weighted by Crippen LogP contribution is -2.35. The standard InChI is InChI=1S/C24H28N2O4/c1-15-8-6-7-9-18(15)21-20(23(28)24(29)26(21)13-12-25(3)4)22(27)17-10-11-19(30-5)16(2)14-17/h6-11,14,21,27H,12-13H2,1-5H3/b22-20+. The van der Waals surface area contributed by atoms with Crippen LogP contribution in [0.25, 0.3) is 5.76 Å². The third-order valence-electron chi connectivity index (χ3n) is 5.48. The molecular formula is C24H28N2O4. The SMILES string of the molecule is COc1ccc(/C(O)=C2\C(=O)C(=O)N(CCN(C)C)C2c2ccccc2C)cc1C. The molecule has 0 spiro atoms. The average Bonchev–Trinajstić information content (AvgIpc) is 2.96. The number of nitrogens with zero attached hydrogens (tertiary/aromatic N) is 2. The van der Waals surface area contributed by atoms with Crippen LogP contribution in [0.3, 0.4) is 0 Å². The van der Waals surface area contributed by atoms with E-state index in [4.69, 9.17) is 4.74 Å². The number of carbonyl (C=O) groups is 2. The van der Waals surface area contributed by atoms with Crippen LogP contribution in [0.5, 0.6) is 5.75 Å². The second kappa shape index (κ2) is 8.71. The summed E-state index contributed by atoms with van der Waals surface area (Å²) >= 11 is 0. The fourth-order valence-corrected chi connectivity index (χ4v) is 3.82. The van der Waals surface area contributed by atoms with Crippen LogP contribution < -0.4 is 4.74 Å². The van der Waals surface area contributed by atoms with Gasteiger partial charge in [-0.05, 0) is 62.8 Å². The first kappa shape index (κ1) is 21.6. The third kappa shape index (κ3) is 3.96. The highest BCUT2D eigenvalue weighted by molar-refractivity contribution is 6.46. The summed E-state index contributed by atoms with van der Waals surface area (Å²) < 4.78 is 5.29. The molecule has 1 atom stereocenters. The first-order chi connectivity index (χ1) is 14.3. The van der Waals surface area contributed by atoms with Gasteiger partial charge in [-0.25, -0.2) is 0 Å². The van der Waals surface area contributed by atoms with Gasteiger partial charge in [-0.1, -0.05) is 24.3 Å². The highest BCUT2D eigenvalue weighted by atomic mass is 16.5. The molecule has 2 aromatic rings. The van der Waals surface area contributed by atoms with Crippen molar-refractivity contribution < 1.29 is 19.4 Å². The van der Waals surface area contributed by atoms with Crippen molar-refractivity contribution in [3.05, 3.63) is 70.3 Å². The smallest absolute Gasteiger partial charge is 0.295 e. The molecule has 1 saturated heterocycles. The third-order valence-corrected chi connectivity index (χ3v) is 5.48. The van der Waals surface area contributed by atoms with E-state index in [0.29, 0.717) is 24.4 Å². The number of ketones is 1. The number of aryl methyl sites for hydroxylation is 2. The fourth-order valence-electron chi connectivity index (χ4n) is 3.82. The van der Waals surface area contributed by atoms with Gasteiger partial charge in [0.25, 0.3) is 11.7 Å². The van der Waals surface area contributed by atoms with Crippen molar-refractivity contribution in [1.29, 1.82) is 0 Å². The van der Waals surface area contributed by atoms with E-state index in [9.17, 15) is 14.7 Å². The summed E-state index contributed by atoms with van der Waals surface area (Å²) in [6.07, 6.45) is 0. The molecule has 1 aliphatic rings. The zero-order valence-electron chi connectivity index (χ0n) is 18.1. The Balaban J connectivity index is 2.18. The number of aliphatic hydroxyl groups excluding tert-OH is 1. The van der Waals surface area contributed by atoms with E-state index in [1.165, 1.54) is 0 Å². The van der Waals surface area contributed by atoms with Crippen molar-refractivity contribution in [2.45, 2.75) is 19.9 Å². The number of benzene rings is 2. The lowest BCUT2D eigenvalue weighted by molar-refractivity contribution is -0.140. The van der Waals surface area contributed by atoms with Crippen molar-refractivity contribution >= 4 is 17.4 Å². The molecule has 1 amide bonds. The Kier molecular flexibility index (Phi) is 6.27. The van der Waals surface area contributed by atoms with E-state index < -0.39 is 17.7 Å². The van der Waals surface area contributed by atoms with Crippen LogP contribution in [0.1, 0.15) is 28.3 Å². The molecule has 0 aromatic heterocycles. The number of carbonyl (C=O) groups excluding carboxylic acids is 2. The normalized spacial score (nSPS) is 18.3. The molecule has 158 valence electrons. The number of rotatable bonds is 6. The average molecular weight is 408 g/mol. The molecule has 6 nitrogen and oxygen atoms in total. The monoisotopic (exact) mass is 408 g/mol. The fraction of sp³-hybridized carbons (Fsp3) is 0.333. The zero-order chi connectivity index (χ0) is 22.0. The van der Waals surface area contributed by atoms with Crippen LogP contribution in [0.2, 0.25) is 0 Å². The second-order valence-corrected chi connectivity index (χ2v) is 7.84. The number of hydrogen-bond acceptors (Lipinski definition) is 5. The topological polar surface area (TPSA) is 70.1 Å². The molecule has 1 unspecified atom stereocenters. The largest absolute Gasteiger partial charge is 0.507 e. The summed E-state index contributed by atoms with van der Waals surface area (Å²) in [4.78, 5) is 29.5. The molecule has 0 bridgehead atoms. The molecule has 1 fully saturated rings. The summed E-state index contributed by atoms with van der Waals surface area (Å²) in [6, 6.07) is 12.2. The van der Waals surface area contributed by atoms with Gasteiger partial charge in [-0.2, -0.15) is 0 Å². The lowest BCUT2D eigenvalue weighted by atomic mass is 9.92. The molecule has 0 aliphatic carbocycles. The van der Waals surface area contributed by atoms with Crippen LogP contribution in [0, 0.1) is 13.8 Å². The Morgan fingerprint density at radius 1 is 1.10 bits per heavy atom. The van der Waals surface area contributed by atoms with Crippen LogP contribution in [0.4, 0.5) is 0 Å². The minimum atomic E-state index is -0.659.